The number of ether oxygens (including phenoxy) is 1. The van der Waals surface area contributed by atoms with Crippen molar-refractivity contribution in [2.45, 2.75) is 0 Å². The fourth-order valence-corrected chi connectivity index (χ4v) is 2.30. The lowest BCUT2D eigenvalue weighted by Gasteiger charge is -2.05. The van der Waals surface area contributed by atoms with Crippen LogP contribution in [0, 0.1) is 0 Å². The number of carbonyl (C=O) groups excluding carboxylic acids is 1. The number of fused-ring (bicyclic) bond motifs is 1. The maximum Gasteiger partial charge on any atom is 0.353 e. The third-order valence-electron chi connectivity index (χ3n) is 2.52. The molecule has 5 heteroatoms. The van der Waals surface area contributed by atoms with Crippen LogP contribution in [0.4, 0.5) is 0 Å². The first-order chi connectivity index (χ1) is 8.84. The van der Waals surface area contributed by atoms with Gasteiger partial charge in [-0.3, -0.25) is 4.98 Å². The van der Waals surface area contributed by atoms with Crippen LogP contribution in [0.2, 0.25) is 0 Å². The first kappa shape index (κ1) is 13.5. The molecule has 0 bridgehead atoms. The van der Waals surface area contributed by atoms with Crippen LogP contribution in [0.3, 0.4) is 0 Å². The van der Waals surface area contributed by atoms with Gasteiger partial charge in [0.2, 0.25) is 0 Å². The summed E-state index contributed by atoms with van der Waals surface area (Å²) < 4.78 is 5.38. The van der Waals surface area contributed by atoms with Crippen LogP contribution in [0.25, 0.3) is 10.9 Å². The number of carbonyl (C=O) groups is 1. The van der Waals surface area contributed by atoms with E-state index in [9.17, 15) is 4.79 Å². The van der Waals surface area contributed by atoms with Gasteiger partial charge in [-0.1, -0.05) is 24.3 Å². The van der Waals surface area contributed by atoms with Crippen molar-refractivity contribution in [3.05, 3.63) is 58.9 Å². The third-order valence-corrected chi connectivity index (χ3v) is 3.37. The molecule has 0 radical (unpaired) electrons. The Labute approximate surface area is 120 Å². The van der Waals surface area contributed by atoms with Gasteiger partial charge in [0.25, 0.3) is 0 Å². The van der Waals surface area contributed by atoms with Crippen LogP contribution >= 0.6 is 11.3 Å². The number of para-hydroxylation sites is 1. The summed E-state index contributed by atoms with van der Waals surface area (Å²) in [5.74, 6) is 0.148. The zero-order valence-corrected chi connectivity index (χ0v) is 11.3. The lowest BCUT2D eigenvalue weighted by molar-refractivity contribution is -0.0000163. The van der Waals surface area contributed by atoms with Crippen LogP contribution in [0.15, 0.2) is 54.0 Å². The van der Waals surface area contributed by atoms with Crippen molar-refractivity contribution in [3.8, 4) is 5.75 Å². The minimum absolute atomic E-state index is 0. The molecule has 3 nitrogen and oxygen atoms in total. The molecule has 0 N–H and O–H groups in total. The SMILES string of the molecule is O=C(Oc1cccc2cccnc12)c1cccs1.[Cl-]. The highest BCUT2D eigenvalue weighted by Gasteiger charge is 2.11. The molecule has 0 spiro atoms. The van der Waals surface area contributed by atoms with Crippen LogP contribution in [-0.4, -0.2) is 11.0 Å². The Morgan fingerprint density at radius 1 is 1.11 bits per heavy atom. The number of esters is 1. The summed E-state index contributed by atoms with van der Waals surface area (Å²) in [5, 5.41) is 2.80. The van der Waals surface area contributed by atoms with Crippen molar-refractivity contribution in [2.24, 2.45) is 0 Å². The average Bonchev–Trinajstić information content (AvgIpc) is 2.93. The first-order valence-electron chi connectivity index (χ1n) is 5.44. The van der Waals surface area contributed by atoms with Crippen molar-refractivity contribution in [1.29, 1.82) is 0 Å². The lowest BCUT2D eigenvalue weighted by atomic mass is 10.2. The molecular weight excluding hydrogens is 282 g/mol. The Kier molecular flexibility index (Phi) is 4.14. The van der Waals surface area contributed by atoms with Crippen molar-refractivity contribution >= 4 is 28.2 Å². The number of pyridine rings is 1. The molecule has 0 saturated heterocycles. The maximum absolute atomic E-state index is 11.9. The van der Waals surface area contributed by atoms with Gasteiger partial charge in [-0.2, -0.15) is 0 Å². The molecule has 96 valence electrons. The molecule has 0 saturated carbocycles. The number of hydrogen-bond acceptors (Lipinski definition) is 4. The van der Waals surface area contributed by atoms with Crippen molar-refractivity contribution < 1.29 is 21.9 Å². The number of benzene rings is 1. The quantitative estimate of drug-likeness (QED) is 0.510. The minimum atomic E-state index is -0.344. The molecule has 2 aromatic heterocycles. The van der Waals surface area contributed by atoms with Crippen molar-refractivity contribution in [1.82, 2.24) is 4.98 Å². The molecule has 19 heavy (non-hydrogen) atoms. The minimum Gasteiger partial charge on any atom is -1.00 e. The van der Waals surface area contributed by atoms with Crippen LogP contribution in [0.5, 0.6) is 5.75 Å². The molecule has 3 rings (SSSR count). The summed E-state index contributed by atoms with van der Waals surface area (Å²) >= 11 is 1.36. The lowest BCUT2D eigenvalue weighted by Crippen LogP contribution is -3.00. The van der Waals surface area contributed by atoms with E-state index < -0.39 is 0 Å². The van der Waals surface area contributed by atoms with E-state index in [2.05, 4.69) is 4.98 Å². The predicted octanol–water partition coefficient (Wildman–Crippen LogP) is 0.519. The van der Waals surface area contributed by atoms with E-state index in [4.69, 9.17) is 4.74 Å². The van der Waals surface area contributed by atoms with E-state index in [0.29, 0.717) is 16.1 Å². The first-order valence-corrected chi connectivity index (χ1v) is 6.32. The van der Waals surface area contributed by atoms with E-state index in [0.717, 1.165) is 5.39 Å². The second-order valence-electron chi connectivity index (χ2n) is 3.70. The summed E-state index contributed by atoms with van der Waals surface area (Å²) in [5.41, 5.74) is 0.699. The van der Waals surface area contributed by atoms with Gasteiger partial charge >= 0.3 is 5.97 Å². The summed E-state index contributed by atoms with van der Waals surface area (Å²) in [6, 6.07) is 12.9. The number of hydrogen-bond donors (Lipinski definition) is 0. The standard InChI is InChI=1S/C14H9NO2S.ClH/c16-14(12-7-3-9-18-12)17-11-6-1-4-10-5-2-8-15-13(10)11;/h1-9H;1H/p-1. The van der Waals surface area contributed by atoms with Crippen LogP contribution < -0.4 is 17.1 Å². The number of halogens is 1. The summed E-state index contributed by atoms with van der Waals surface area (Å²) in [4.78, 5) is 16.7. The summed E-state index contributed by atoms with van der Waals surface area (Å²) in [6.07, 6.45) is 1.69. The second-order valence-corrected chi connectivity index (χ2v) is 4.65. The zero-order valence-electron chi connectivity index (χ0n) is 9.75. The summed E-state index contributed by atoms with van der Waals surface area (Å²) in [6.45, 7) is 0. The molecule has 0 atom stereocenters. The highest BCUT2D eigenvalue weighted by molar-refractivity contribution is 7.12. The van der Waals surface area contributed by atoms with E-state index in [1.54, 1.807) is 18.3 Å². The molecular formula is C14H9ClNO2S-. The Balaban J connectivity index is 0.00000133. The van der Waals surface area contributed by atoms with Gasteiger partial charge in [0.1, 0.15) is 10.4 Å². The van der Waals surface area contributed by atoms with Gasteiger partial charge in [-0.15, -0.1) is 11.3 Å². The Morgan fingerprint density at radius 3 is 2.74 bits per heavy atom. The fourth-order valence-electron chi connectivity index (χ4n) is 1.70. The molecule has 3 aromatic rings. The van der Waals surface area contributed by atoms with Crippen LogP contribution in [0.1, 0.15) is 9.67 Å². The molecule has 0 fully saturated rings. The Morgan fingerprint density at radius 2 is 1.95 bits per heavy atom. The van der Waals surface area contributed by atoms with Gasteiger partial charge in [-0.05, 0) is 23.6 Å². The van der Waals surface area contributed by atoms with E-state index in [1.807, 2.05) is 35.7 Å². The fraction of sp³-hybridized carbons (Fsp3) is 0. The van der Waals surface area contributed by atoms with Crippen LogP contribution in [-0.2, 0) is 0 Å². The van der Waals surface area contributed by atoms with Gasteiger partial charge in [-0.25, -0.2) is 4.79 Å². The zero-order chi connectivity index (χ0) is 12.4. The predicted molar refractivity (Wildman–Crippen MR) is 71.0 cm³/mol. The molecule has 0 aliphatic carbocycles. The van der Waals surface area contributed by atoms with Gasteiger partial charge in [0.05, 0.1) is 0 Å². The van der Waals surface area contributed by atoms with Gasteiger partial charge in [0.15, 0.2) is 5.75 Å². The van der Waals surface area contributed by atoms with E-state index in [-0.39, 0.29) is 18.4 Å². The maximum atomic E-state index is 11.9. The highest BCUT2D eigenvalue weighted by atomic mass is 35.5. The number of thiophene rings is 1. The normalized spacial score (nSPS) is 9.89. The second kappa shape index (κ2) is 5.82. The van der Waals surface area contributed by atoms with Crippen molar-refractivity contribution in [3.63, 3.8) is 0 Å². The molecule has 0 aliphatic rings. The van der Waals surface area contributed by atoms with E-state index >= 15 is 0 Å². The monoisotopic (exact) mass is 290 g/mol. The Bertz CT molecular complexity index is 692. The topological polar surface area (TPSA) is 39.2 Å². The van der Waals surface area contributed by atoms with Crippen molar-refractivity contribution in [2.75, 3.05) is 0 Å². The number of aromatic nitrogens is 1. The van der Waals surface area contributed by atoms with Gasteiger partial charge in [0, 0.05) is 11.6 Å². The molecule has 0 amide bonds. The highest BCUT2D eigenvalue weighted by Crippen LogP contribution is 2.24. The molecule has 0 unspecified atom stereocenters. The third kappa shape index (κ3) is 2.75. The Hall–Kier alpha value is -1.91. The molecule has 1 aromatic carbocycles. The number of nitrogens with zero attached hydrogens (tertiary/aromatic N) is 1. The largest absolute Gasteiger partial charge is 1.00 e. The van der Waals surface area contributed by atoms with E-state index in [1.165, 1.54) is 11.3 Å². The molecule has 2 heterocycles. The van der Waals surface area contributed by atoms with Gasteiger partial charge < -0.3 is 17.1 Å². The summed E-state index contributed by atoms with van der Waals surface area (Å²) in [7, 11) is 0. The smallest absolute Gasteiger partial charge is 0.353 e. The molecule has 0 aliphatic heterocycles. The average molecular weight is 291 g/mol. The number of rotatable bonds is 2.